The highest BCUT2D eigenvalue weighted by Crippen LogP contribution is 2.24. The molecule has 0 radical (unpaired) electrons. The average molecular weight is 288 g/mol. The lowest BCUT2D eigenvalue weighted by Gasteiger charge is -2.18. The lowest BCUT2D eigenvalue weighted by molar-refractivity contribution is 0.102. The van der Waals surface area contributed by atoms with Crippen LogP contribution >= 0.6 is 11.6 Å². The number of anilines is 2. The fraction of sp³-hybridized carbons (Fsp3) is 0.200. The molecule has 102 valence electrons. The van der Waals surface area contributed by atoms with Gasteiger partial charge in [0.15, 0.2) is 5.82 Å². The van der Waals surface area contributed by atoms with E-state index >= 15 is 0 Å². The Morgan fingerprint density at radius 2 is 2.25 bits per heavy atom. The van der Waals surface area contributed by atoms with Crippen molar-refractivity contribution in [1.29, 1.82) is 0 Å². The van der Waals surface area contributed by atoms with Crippen molar-refractivity contribution in [1.82, 2.24) is 4.98 Å². The van der Waals surface area contributed by atoms with Crippen molar-refractivity contribution in [2.24, 2.45) is 0 Å². The second-order valence-corrected chi connectivity index (χ2v) is 5.10. The highest BCUT2D eigenvalue weighted by molar-refractivity contribution is 6.33. The molecule has 1 aromatic carbocycles. The molecule has 2 aromatic rings. The number of aromatic nitrogens is 1. The molecule has 1 amide bonds. The van der Waals surface area contributed by atoms with Crippen LogP contribution in [0.1, 0.15) is 22.3 Å². The van der Waals surface area contributed by atoms with Crippen molar-refractivity contribution in [3.63, 3.8) is 0 Å². The lowest BCUT2D eigenvalue weighted by Crippen LogP contribution is -2.16. The molecule has 0 saturated carbocycles. The van der Waals surface area contributed by atoms with Gasteiger partial charge in [-0.3, -0.25) is 4.79 Å². The number of carbonyl (C=O) groups is 1. The van der Waals surface area contributed by atoms with E-state index in [1.807, 2.05) is 18.2 Å². The van der Waals surface area contributed by atoms with Gasteiger partial charge in [0.25, 0.3) is 5.91 Å². The molecule has 2 N–H and O–H groups in total. The number of hydrogen-bond donors (Lipinski definition) is 2. The zero-order valence-electron chi connectivity index (χ0n) is 10.8. The summed E-state index contributed by atoms with van der Waals surface area (Å²) >= 11 is 5.98. The second kappa shape index (κ2) is 5.51. The van der Waals surface area contributed by atoms with Gasteiger partial charge in [0.2, 0.25) is 0 Å². The number of benzene rings is 1. The van der Waals surface area contributed by atoms with E-state index in [4.69, 9.17) is 11.6 Å². The number of halogens is 1. The molecule has 0 atom stereocenters. The zero-order chi connectivity index (χ0) is 13.9. The normalized spacial score (nSPS) is 13.2. The molecule has 0 bridgehead atoms. The van der Waals surface area contributed by atoms with Gasteiger partial charge in [0, 0.05) is 24.0 Å². The monoisotopic (exact) mass is 287 g/mol. The molecule has 0 fully saturated rings. The van der Waals surface area contributed by atoms with Crippen molar-refractivity contribution in [3.8, 4) is 0 Å². The molecule has 2 heterocycles. The van der Waals surface area contributed by atoms with Crippen molar-refractivity contribution in [2.45, 2.75) is 12.8 Å². The topological polar surface area (TPSA) is 54.0 Å². The molecule has 1 aliphatic heterocycles. The molecular formula is C15H14ClN3O. The fourth-order valence-electron chi connectivity index (χ4n) is 2.27. The van der Waals surface area contributed by atoms with Crippen LogP contribution in [0.25, 0.3) is 0 Å². The van der Waals surface area contributed by atoms with Crippen molar-refractivity contribution >= 4 is 29.0 Å². The molecule has 5 heteroatoms. The number of carbonyl (C=O) groups excluding carboxylic acids is 1. The quantitative estimate of drug-likeness (QED) is 0.891. The van der Waals surface area contributed by atoms with Crippen molar-refractivity contribution < 1.29 is 4.79 Å². The Hall–Kier alpha value is -2.07. The number of rotatable bonds is 2. The minimum absolute atomic E-state index is 0.195. The van der Waals surface area contributed by atoms with E-state index in [1.165, 1.54) is 5.56 Å². The average Bonchev–Trinajstić information content (AvgIpc) is 2.49. The van der Waals surface area contributed by atoms with Gasteiger partial charge in [-0.15, -0.1) is 0 Å². The number of nitrogens with one attached hydrogen (secondary N) is 2. The van der Waals surface area contributed by atoms with Crippen LogP contribution in [-0.2, 0) is 6.42 Å². The molecule has 1 aliphatic rings. The summed E-state index contributed by atoms with van der Waals surface area (Å²) in [5.41, 5.74) is 2.91. The largest absolute Gasteiger partial charge is 0.385 e. The molecular weight excluding hydrogens is 274 g/mol. The summed E-state index contributed by atoms with van der Waals surface area (Å²) in [6.45, 7) is 0.988. The molecule has 0 aliphatic carbocycles. The van der Waals surface area contributed by atoms with Gasteiger partial charge in [-0.1, -0.05) is 11.6 Å². The van der Waals surface area contributed by atoms with Crippen LogP contribution in [0.4, 0.5) is 11.5 Å². The van der Waals surface area contributed by atoms with Gasteiger partial charge >= 0.3 is 0 Å². The van der Waals surface area contributed by atoms with Crippen LogP contribution in [0.5, 0.6) is 0 Å². The third-order valence-corrected chi connectivity index (χ3v) is 3.60. The number of nitrogens with zero attached hydrogens (tertiary/aromatic N) is 1. The van der Waals surface area contributed by atoms with E-state index in [0.29, 0.717) is 16.4 Å². The first-order chi connectivity index (χ1) is 9.74. The first kappa shape index (κ1) is 12.9. The minimum Gasteiger partial charge on any atom is -0.385 e. The van der Waals surface area contributed by atoms with Crippen LogP contribution in [-0.4, -0.2) is 17.4 Å². The van der Waals surface area contributed by atoms with Crippen molar-refractivity contribution in [3.05, 3.63) is 52.7 Å². The van der Waals surface area contributed by atoms with E-state index in [9.17, 15) is 4.79 Å². The van der Waals surface area contributed by atoms with Gasteiger partial charge in [0.05, 0.1) is 5.02 Å². The Balaban J connectivity index is 1.82. The van der Waals surface area contributed by atoms with E-state index in [2.05, 4.69) is 15.6 Å². The highest BCUT2D eigenvalue weighted by Gasteiger charge is 2.13. The molecule has 0 spiro atoms. The third-order valence-electron chi connectivity index (χ3n) is 3.30. The van der Waals surface area contributed by atoms with Gasteiger partial charge < -0.3 is 10.6 Å². The first-order valence-corrected chi connectivity index (χ1v) is 6.90. The summed E-state index contributed by atoms with van der Waals surface area (Å²) in [6.07, 6.45) is 3.68. The standard InChI is InChI=1S/C15H14ClN3O/c16-12-4-2-8-18-14(12)19-15(20)11-5-6-13-10(9-11)3-1-7-17-13/h2,4-6,8-9,17H,1,3,7H2,(H,18,19,20). The Morgan fingerprint density at radius 3 is 3.10 bits per heavy atom. The van der Waals surface area contributed by atoms with Crippen LogP contribution in [0.15, 0.2) is 36.5 Å². The summed E-state index contributed by atoms with van der Waals surface area (Å²) in [6, 6.07) is 9.10. The van der Waals surface area contributed by atoms with E-state index in [0.717, 1.165) is 25.1 Å². The summed E-state index contributed by atoms with van der Waals surface area (Å²) in [7, 11) is 0. The van der Waals surface area contributed by atoms with Crippen LogP contribution in [0, 0.1) is 0 Å². The SMILES string of the molecule is O=C(Nc1ncccc1Cl)c1ccc2c(c1)CCCN2. The van der Waals surface area contributed by atoms with Crippen LogP contribution in [0.3, 0.4) is 0 Å². The number of fused-ring (bicyclic) bond motifs is 1. The predicted molar refractivity (Wildman–Crippen MR) is 80.5 cm³/mol. The molecule has 3 rings (SSSR count). The van der Waals surface area contributed by atoms with Gasteiger partial charge in [0.1, 0.15) is 0 Å². The Bertz CT molecular complexity index is 657. The summed E-state index contributed by atoms with van der Waals surface area (Å²) in [5, 5.41) is 6.48. The lowest BCUT2D eigenvalue weighted by atomic mass is 10.0. The number of aryl methyl sites for hydroxylation is 1. The number of hydrogen-bond acceptors (Lipinski definition) is 3. The molecule has 0 saturated heterocycles. The third kappa shape index (κ3) is 2.60. The Labute approximate surface area is 122 Å². The van der Waals surface area contributed by atoms with Crippen molar-refractivity contribution in [2.75, 3.05) is 17.2 Å². The van der Waals surface area contributed by atoms with Gasteiger partial charge in [-0.05, 0) is 48.7 Å². The Morgan fingerprint density at radius 1 is 1.35 bits per heavy atom. The van der Waals surface area contributed by atoms with Crippen LogP contribution in [0.2, 0.25) is 5.02 Å². The zero-order valence-corrected chi connectivity index (χ0v) is 11.6. The fourth-order valence-corrected chi connectivity index (χ4v) is 2.44. The summed E-state index contributed by atoms with van der Waals surface area (Å²) in [5.74, 6) is 0.189. The minimum atomic E-state index is -0.195. The maximum Gasteiger partial charge on any atom is 0.256 e. The molecule has 0 unspecified atom stereocenters. The predicted octanol–water partition coefficient (Wildman–Crippen LogP) is 3.35. The van der Waals surface area contributed by atoms with E-state index < -0.39 is 0 Å². The summed E-state index contributed by atoms with van der Waals surface area (Å²) in [4.78, 5) is 16.3. The molecule has 20 heavy (non-hydrogen) atoms. The molecule has 1 aromatic heterocycles. The van der Waals surface area contributed by atoms with Gasteiger partial charge in [-0.2, -0.15) is 0 Å². The van der Waals surface area contributed by atoms with E-state index in [1.54, 1.807) is 18.3 Å². The number of amides is 1. The second-order valence-electron chi connectivity index (χ2n) is 4.69. The summed E-state index contributed by atoms with van der Waals surface area (Å²) < 4.78 is 0. The van der Waals surface area contributed by atoms with E-state index in [-0.39, 0.29) is 5.91 Å². The maximum atomic E-state index is 12.2. The first-order valence-electron chi connectivity index (χ1n) is 6.53. The molecule has 4 nitrogen and oxygen atoms in total. The highest BCUT2D eigenvalue weighted by atomic mass is 35.5. The maximum absolute atomic E-state index is 12.2. The Kier molecular flexibility index (Phi) is 3.56. The van der Waals surface area contributed by atoms with Gasteiger partial charge in [-0.25, -0.2) is 4.98 Å². The number of pyridine rings is 1. The smallest absolute Gasteiger partial charge is 0.256 e. The van der Waals surface area contributed by atoms with Crippen LogP contribution < -0.4 is 10.6 Å².